The Labute approximate surface area is 185 Å². The lowest BCUT2D eigenvalue weighted by molar-refractivity contribution is 0.600. The summed E-state index contributed by atoms with van der Waals surface area (Å²) in [5, 5.41) is 1.55. The summed E-state index contributed by atoms with van der Waals surface area (Å²) in [6.45, 7) is 0. The molecular weight excluding hydrogens is 510 g/mol. The van der Waals surface area contributed by atoms with Gasteiger partial charge in [-0.3, -0.25) is 4.99 Å². The summed E-state index contributed by atoms with van der Waals surface area (Å²) in [5.41, 5.74) is 1.27. The highest BCUT2D eigenvalue weighted by Crippen LogP contribution is 2.38. The SMILES string of the molecule is O=S1(=O)C[C@@H]2N=C(SCc3ccc(Cl)c(Cl)c3)N(c3ccc(Br)cc3F)[C@H]2C1. The van der Waals surface area contributed by atoms with Crippen LogP contribution in [0, 0.1) is 5.82 Å². The first-order valence-corrected chi connectivity index (χ1v) is 12.7. The summed E-state index contributed by atoms with van der Waals surface area (Å²) in [6, 6.07) is 9.34. The van der Waals surface area contributed by atoms with E-state index in [9.17, 15) is 12.8 Å². The van der Waals surface area contributed by atoms with Crippen molar-refractivity contribution in [2.24, 2.45) is 4.99 Å². The Morgan fingerprint density at radius 2 is 1.96 bits per heavy atom. The molecule has 2 aromatic rings. The first-order chi connectivity index (χ1) is 13.2. The molecule has 0 spiro atoms. The van der Waals surface area contributed by atoms with E-state index < -0.39 is 21.7 Å². The molecule has 0 saturated carbocycles. The average Bonchev–Trinajstić information content (AvgIpc) is 3.08. The maximum absolute atomic E-state index is 14.7. The third-order valence-electron chi connectivity index (χ3n) is 4.63. The van der Waals surface area contributed by atoms with Crippen molar-refractivity contribution in [2.75, 3.05) is 16.4 Å². The van der Waals surface area contributed by atoms with E-state index in [1.807, 2.05) is 6.07 Å². The number of sulfone groups is 1. The summed E-state index contributed by atoms with van der Waals surface area (Å²) in [7, 11) is -3.19. The Bertz CT molecular complexity index is 1080. The van der Waals surface area contributed by atoms with E-state index in [0.717, 1.165) is 5.56 Å². The Kier molecular flexibility index (Phi) is 5.70. The van der Waals surface area contributed by atoms with Crippen molar-refractivity contribution in [1.29, 1.82) is 0 Å². The molecule has 2 aliphatic rings. The van der Waals surface area contributed by atoms with Gasteiger partial charge in [-0.25, -0.2) is 12.8 Å². The summed E-state index contributed by atoms with van der Waals surface area (Å²) in [6.07, 6.45) is 0. The second kappa shape index (κ2) is 7.80. The van der Waals surface area contributed by atoms with Gasteiger partial charge in [0.25, 0.3) is 0 Å². The van der Waals surface area contributed by atoms with E-state index in [-0.39, 0.29) is 17.5 Å². The van der Waals surface area contributed by atoms with E-state index in [4.69, 9.17) is 23.2 Å². The van der Waals surface area contributed by atoms with Crippen LogP contribution in [0.2, 0.25) is 10.0 Å². The quantitative estimate of drug-likeness (QED) is 0.556. The number of hydrogen-bond donors (Lipinski definition) is 0. The molecule has 2 atom stereocenters. The maximum Gasteiger partial charge on any atom is 0.164 e. The molecular formula is C18H14BrCl2FN2O2S2. The van der Waals surface area contributed by atoms with Gasteiger partial charge in [0.1, 0.15) is 5.82 Å². The van der Waals surface area contributed by atoms with Crippen LogP contribution >= 0.6 is 50.9 Å². The molecule has 10 heteroatoms. The second-order valence-electron chi connectivity index (χ2n) is 6.63. The van der Waals surface area contributed by atoms with Gasteiger partial charge >= 0.3 is 0 Å². The predicted molar refractivity (Wildman–Crippen MR) is 118 cm³/mol. The first kappa shape index (κ1) is 20.5. The first-order valence-electron chi connectivity index (χ1n) is 8.33. The number of aliphatic imine (C=N–C) groups is 1. The second-order valence-corrected chi connectivity index (χ2v) is 11.5. The van der Waals surface area contributed by atoms with Crippen LogP contribution in [-0.4, -0.2) is 37.2 Å². The Hall–Kier alpha value is -0.800. The van der Waals surface area contributed by atoms with Crippen molar-refractivity contribution in [3.05, 3.63) is 62.3 Å². The van der Waals surface area contributed by atoms with Crippen LogP contribution in [0.25, 0.3) is 0 Å². The minimum atomic E-state index is -3.19. The molecule has 0 amide bonds. The van der Waals surface area contributed by atoms with Crippen molar-refractivity contribution < 1.29 is 12.8 Å². The van der Waals surface area contributed by atoms with E-state index in [1.54, 1.807) is 29.2 Å². The van der Waals surface area contributed by atoms with Crippen molar-refractivity contribution in [2.45, 2.75) is 17.8 Å². The molecule has 0 radical (unpaired) electrons. The van der Waals surface area contributed by atoms with Crippen molar-refractivity contribution in [1.82, 2.24) is 0 Å². The summed E-state index contributed by atoms with van der Waals surface area (Å²) < 4.78 is 39.5. The van der Waals surface area contributed by atoms with Gasteiger partial charge in [0.15, 0.2) is 15.0 Å². The van der Waals surface area contributed by atoms with Gasteiger partial charge in [-0.05, 0) is 35.9 Å². The fourth-order valence-electron chi connectivity index (χ4n) is 3.37. The van der Waals surface area contributed by atoms with E-state index in [2.05, 4.69) is 20.9 Å². The number of fused-ring (bicyclic) bond motifs is 1. The number of anilines is 1. The molecule has 4 rings (SSSR count). The third kappa shape index (κ3) is 4.07. The zero-order valence-corrected chi connectivity index (χ0v) is 19.0. The number of rotatable bonds is 3. The van der Waals surface area contributed by atoms with E-state index in [1.165, 1.54) is 17.8 Å². The van der Waals surface area contributed by atoms with Gasteiger partial charge in [0.05, 0.1) is 39.3 Å². The minimum Gasteiger partial charge on any atom is -0.312 e. The summed E-state index contributed by atoms with van der Waals surface area (Å²) in [4.78, 5) is 6.33. The van der Waals surface area contributed by atoms with Crippen molar-refractivity contribution >= 4 is 71.6 Å². The van der Waals surface area contributed by atoms with Crippen LogP contribution in [0.3, 0.4) is 0 Å². The number of halogens is 4. The van der Waals surface area contributed by atoms with Crippen LogP contribution in [-0.2, 0) is 15.6 Å². The van der Waals surface area contributed by atoms with Gasteiger partial charge in [0, 0.05) is 10.2 Å². The number of amidine groups is 1. The maximum atomic E-state index is 14.7. The predicted octanol–water partition coefficient (Wildman–Crippen LogP) is 5.17. The molecule has 0 aromatic heterocycles. The largest absolute Gasteiger partial charge is 0.312 e. The lowest BCUT2D eigenvalue weighted by Gasteiger charge is -2.27. The zero-order chi connectivity index (χ0) is 20.1. The molecule has 1 fully saturated rings. The van der Waals surface area contributed by atoms with Crippen molar-refractivity contribution in [3.63, 3.8) is 0 Å². The molecule has 0 unspecified atom stereocenters. The highest BCUT2D eigenvalue weighted by molar-refractivity contribution is 9.10. The highest BCUT2D eigenvalue weighted by atomic mass is 79.9. The molecule has 1 saturated heterocycles. The van der Waals surface area contributed by atoms with Crippen LogP contribution in [0.5, 0.6) is 0 Å². The van der Waals surface area contributed by atoms with Crippen LogP contribution in [0.1, 0.15) is 5.56 Å². The van der Waals surface area contributed by atoms with Crippen LogP contribution < -0.4 is 4.90 Å². The van der Waals surface area contributed by atoms with Gasteiger partial charge < -0.3 is 4.90 Å². The number of hydrogen-bond acceptors (Lipinski definition) is 5. The van der Waals surface area contributed by atoms with Gasteiger partial charge in [-0.15, -0.1) is 0 Å². The van der Waals surface area contributed by atoms with Gasteiger partial charge in [-0.1, -0.05) is 57.0 Å². The Morgan fingerprint density at radius 1 is 1.18 bits per heavy atom. The molecule has 0 N–H and O–H groups in total. The molecule has 148 valence electrons. The molecule has 0 bridgehead atoms. The lowest BCUT2D eigenvalue weighted by atomic mass is 10.1. The number of thioether (sulfide) groups is 1. The third-order valence-corrected chi connectivity index (χ3v) is 8.60. The normalized spacial score (nSPS) is 23.0. The molecule has 28 heavy (non-hydrogen) atoms. The fourth-order valence-corrected chi connectivity index (χ4v) is 6.93. The zero-order valence-electron chi connectivity index (χ0n) is 14.3. The summed E-state index contributed by atoms with van der Waals surface area (Å²) >= 11 is 16.7. The molecule has 0 aliphatic carbocycles. The summed E-state index contributed by atoms with van der Waals surface area (Å²) in [5.74, 6) is 0.0786. The topological polar surface area (TPSA) is 49.7 Å². The standard InChI is InChI=1S/C18H14BrCl2FN2O2S2/c19-11-2-4-16(14(22)6-11)24-17-9-28(25,26)8-15(17)23-18(24)27-7-10-1-3-12(20)13(21)5-10/h1-6,15,17H,7-9H2/t15-,17-/m0/s1. The van der Waals surface area contributed by atoms with Crippen LogP contribution in [0.4, 0.5) is 10.1 Å². The highest BCUT2D eigenvalue weighted by Gasteiger charge is 2.47. The fraction of sp³-hybridized carbons (Fsp3) is 0.278. The Balaban J connectivity index is 1.64. The monoisotopic (exact) mass is 522 g/mol. The smallest absolute Gasteiger partial charge is 0.164 e. The molecule has 2 aliphatic heterocycles. The van der Waals surface area contributed by atoms with E-state index in [0.29, 0.717) is 31.1 Å². The number of nitrogens with zero attached hydrogens (tertiary/aromatic N) is 2. The number of benzene rings is 2. The van der Waals surface area contributed by atoms with Gasteiger partial charge in [0.2, 0.25) is 0 Å². The van der Waals surface area contributed by atoms with Crippen LogP contribution in [0.15, 0.2) is 45.9 Å². The lowest BCUT2D eigenvalue weighted by Crippen LogP contribution is -2.39. The molecule has 2 aromatic carbocycles. The van der Waals surface area contributed by atoms with Crippen molar-refractivity contribution in [3.8, 4) is 0 Å². The van der Waals surface area contributed by atoms with E-state index >= 15 is 0 Å². The Morgan fingerprint density at radius 3 is 2.68 bits per heavy atom. The average molecular weight is 524 g/mol. The molecule has 4 nitrogen and oxygen atoms in total. The van der Waals surface area contributed by atoms with Gasteiger partial charge in [-0.2, -0.15) is 0 Å². The minimum absolute atomic E-state index is 0.0108. The molecule has 2 heterocycles.